The molecular weight excluding hydrogens is 777 g/mol. The number of anilines is 2. The van der Waals surface area contributed by atoms with Crippen LogP contribution < -0.4 is 34.3 Å². The molecule has 4 amide bonds. The number of pyridine rings is 1. The van der Waals surface area contributed by atoms with Gasteiger partial charge in [-0.3, -0.25) is 10.6 Å². The highest BCUT2D eigenvalue weighted by Crippen LogP contribution is 2.22. The molecule has 0 aliphatic rings. The summed E-state index contributed by atoms with van der Waals surface area (Å²) in [7, 11) is -8.91. The second-order valence-corrected chi connectivity index (χ2v) is 15.6. The van der Waals surface area contributed by atoms with Crippen molar-refractivity contribution in [2.45, 2.75) is 28.7 Å². The maximum Gasteiger partial charge on any atom is 0.347 e. The second-order valence-electron chi connectivity index (χ2n) is 9.22. The van der Waals surface area contributed by atoms with E-state index in [1.54, 1.807) is 9.44 Å². The van der Waals surface area contributed by atoms with Gasteiger partial charge in [-0.2, -0.15) is 33.3 Å². The number of carboxylic acid groups (broad SMARTS) is 1. The van der Waals surface area contributed by atoms with E-state index in [0.717, 1.165) is 29.7 Å². The minimum atomic E-state index is -4.61. The molecule has 4 aromatic heterocycles. The Bertz CT molecular complexity index is 2280. The van der Waals surface area contributed by atoms with Crippen LogP contribution in [0.2, 0.25) is 0 Å². The summed E-state index contributed by atoms with van der Waals surface area (Å²) >= 11 is 0.723. The molecule has 27 heteroatoms. The molecule has 0 unspecified atom stereocenters. The van der Waals surface area contributed by atoms with Gasteiger partial charge in [-0.1, -0.05) is 6.92 Å². The normalized spacial score (nSPS) is 11.2. The second kappa shape index (κ2) is 16.9. The summed E-state index contributed by atoms with van der Waals surface area (Å²) in [5.41, 5.74) is 0. The molecular formula is C25H28N10O13S4. The number of aromatic carboxylic acids is 1. The minimum Gasteiger partial charge on any atom is -0.481 e. The summed E-state index contributed by atoms with van der Waals surface area (Å²) in [6, 6.07) is 2.33. The average Bonchev–Trinajstić information content (AvgIpc) is 3.59. The van der Waals surface area contributed by atoms with Crippen molar-refractivity contribution >= 4 is 71.1 Å². The first-order valence-electron chi connectivity index (χ1n) is 13.8. The van der Waals surface area contributed by atoms with E-state index in [-0.39, 0.29) is 41.2 Å². The molecule has 0 saturated heterocycles. The number of sulfonamides is 2. The van der Waals surface area contributed by atoms with Crippen molar-refractivity contribution in [3.05, 3.63) is 46.5 Å². The first kappa shape index (κ1) is 40.6. The number of nitrogens with zero attached hydrogens (tertiary/aromatic N) is 6. The maximum absolute atomic E-state index is 12.5. The van der Waals surface area contributed by atoms with Gasteiger partial charge in [0.25, 0.3) is 20.0 Å². The number of sulfone groups is 1. The molecule has 0 saturated carbocycles. The third kappa shape index (κ3) is 10.6. The van der Waals surface area contributed by atoms with Crippen LogP contribution in [0.3, 0.4) is 0 Å². The van der Waals surface area contributed by atoms with Crippen molar-refractivity contribution in [2.24, 2.45) is 0 Å². The third-order valence-corrected chi connectivity index (χ3v) is 11.3. The van der Waals surface area contributed by atoms with Crippen molar-refractivity contribution in [1.82, 2.24) is 39.3 Å². The van der Waals surface area contributed by atoms with Crippen molar-refractivity contribution in [1.29, 1.82) is 0 Å². The maximum atomic E-state index is 12.5. The van der Waals surface area contributed by atoms with E-state index in [0.29, 0.717) is 0 Å². The molecule has 4 heterocycles. The van der Waals surface area contributed by atoms with E-state index in [9.17, 15) is 39.6 Å². The van der Waals surface area contributed by atoms with Crippen LogP contribution in [0.15, 0.2) is 50.7 Å². The molecule has 0 atom stereocenters. The lowest BCUT2D eigenvalue weighted by Gasteiger charge is -2.11. The quantitative estimate of drug-likeness (QED) is 0.131. The van der Waals surface area contributed by atoms with Crippen LogP contribution in [-0.2, 0) is 29.9 Å². The molecule has 280 valence electrons. The lowest BCUT2D eigenvalue weighted by molar-refractivity contribution is 0.0698. The van der Waals surface area contributed by atoms with Gasteiger partial charge in [-0.15, -0.1) is 11.3 Å². The van der Waals surface area contributed by atoms with E-state index in [1.807, 2.05) is 0 Å². The molecule has 0 fully saturated rings. The standard InChI is InChI=1S/C14H17N5O7S2.C11H11N5O6S2/c1-4-27(21,22)9-6-5-7-15-12(9)28(23,24)19-14(20)18-13-16-10(25-2)8-11(17-13)26-3;1-5-12-9(15-11(13-5)22-2)14-10(19)16-24(20,21)6-3-4-23-7(6)8(17)18/h5-8H,4H2,1-3H3,(H2,16,17,18,19,20);3-4H,1-2H3,(H,17,18)(H2,12,13,14,15,16,19). The highest BCUT2D eigenvalue weighted by molar-refractivity contribution is 7.93. The Hall–Kier alpha value is -5.80. The Kier molecular flexibility index (Phi) is 13.2. The van der Waals surface area contributed by atoms with Crippen molar-refractivity contribution in [3.63, 3.8) is 0 Å². The number of methoxy groups -OCH3 is 3. The van der Waals surface area contributed by atoms with Gasteiger partial charge in [0.15, 0.2) is 14.9 Å². The highest BCUT2D eigenvalue weighted by atomic mass is 32.2. The zero-order chi connectivity index (χ0) is 38.9. The summed E-state index contributed by atoms with van der Waals surface area (Å²) in [6.45, 7) is 2.88. The molecule has 52 heavy (non-hydrogen) atoms. The molecule has 0 aliphatic heterocycles. The zero-order valence-electron chi connectivity index (χ0n) is 27.3. The number of hydrogen-bond acceptors (Lipinski definition) is 19. The number of aromatic nitrogens is 6. The zero-order valence-corrected chi connectivity index (χ0v) is 30.6. The molecule has 0 bridgehead atoms. The molecule has 5 N–H and O–H groups in total. The molecule has 0 radical (unpaired) electrons. The lowest BCUT2D eigenvalue weighted by Crippen LogP contribution is -2.36. The van der Waals surface area contributed by atoms with Gasteiger partial charge in [-0.25, -0.2) is 45.6 Å². The van der Waals surface area contributed by atoms with Crippen LogP contribution in [0.1, 0.15) is 22.4 Å². The fraction of sp³-hybridized carbons (Fsp3) is 0.240. The highest BCUT2D eigenvalue weighted by Gasteiger charge is 2.29. The molecule has 0 aliphatic carbocycles. The minimum absolute atomic E-state index is 0.0612. The van der Waals surface area contributed by atoms with Crippen LogP contribution in [0.5, 0.6) is 17.8 Å². The molecule has 23 nitrogen and oxygen atoms in total. The number of carbonyl (C=O) groups excluding carboxylic acids is 2. The summed E-state index contributed by atoms with van der Waals surface area (Å²) in [4.78, 5) is 56.0. The van der Waals surface area contributed by atoms with E-state index in [2.05, 4.69) is 40.5 Å². The van der Waals surface area contributed by atoms with Gasteiger partial charge in [0.1, 0.15) is 20.5 Å². The first-order valence-corrected chi connectivity index (χ1v) is 19.3. The number of hydrogen-bond donors (Lipinski definition) is 5. The van der Waals surface area contributed by atoms with Crippen molar-refractivity contribution in [2.75, 3.05) is 37.7 Å². The van der Waals surface area contributed by atoms with Crippen molar-refractivity contribution in [3.8, 4) is 17.8 Å². The summed E-state index contributed by atoms with van der Waals surface area (Å²) in [5, 5.41) is 13.7. The topological polar surface area (TPSA) is 327 Å². The third-order valence-electron chi connectivity index (χ3n) is 5.73. The summed E-state index contributed by atoms with van der Waals surface area (Å²) in [6.07, 6.45) is 1.09. The summed E-state index contributed by atoms with van der Waals surface area (Å²) in [5.74, 6) is -1.92. The van der Waals surface area contributed by atoms with E-state index in [4.69, 9.17) is 19.3 Å². The fourth-order valence-corrected chi connectivity index (χ4v) is 8.23. The van der Waals surface area contributed by atoms with Crippen LogP contribution in [-0.4, -0.2) is 105 Å². The van der Waals surface area contributed by atoms with Crippen LogP contribution in [0.25, 0.3) is 0 Å². The molecule has 0 aromatic carbocycles. The molecule has 0 spiro atoms. The Labute approximate surface area is 299 Å². The lowest BCUT2D eigenvalue weighted by atomic mass is 10.5. The van der Waals surface area contributed by atoms with Gasteiger partial charge >= 0.3 is 24.0 Å². The number of ether oxygens (including phenoxy) is 3. The summed E-state index contributed by atoms with van der Waals surface area (Å²) < 4.78 is 91.4. The number of carbonyl (C=O) groups is 3. The number of urea groups is 2. The first-order chi connectivity index (χ1) is 24.3. The SMILES string of the molecule is CCS(=O)(=O)c1cccnc1S(=O)(=O)NC(=O)Nc1nc(OC)cc(OC)n1.COc1nc(C)nc(NC(=O)NS(=O)(=O)c2ccsc2C(=O)O)n1. The fourth-order valence-electron chi connectivity index (χ4n) is 3.51. The Balaban J connectivity index is 0.000000284. The number of thiophene rings is 1. The van der Waals surface area contributed by atoms with Crippen LogP contribution >= 0.6 is 11.3 Å². The number of carboxylic acids is 1. The van der Waals surface area contributed by atoms with Gasteiger partial charge in [0, 0.05) is 6.20 Å². The molecule has 4 rings (SSSR count). The van der Waals surface area contributed by atoms with E-state index in [1.165, 1.54) is 52.7 Å². The van der Waals surface area contributed by atoms with Crippen LogP contribution in [0.4, 0.5) is 21.5 Å². The Morgan fingerprint density at radius 2 is 1.37 bits per heavy atom. The average molecular weight is 805 g/mol. The van der Waals surface area contributed by atoms with Gasteiger partial charge in [0.05, 0.1) is 33.1 Å². The Morgan fingerprint density at radius 1 is 0.788 bits per heavy atom. The number of nitrogens with one attached hydrogen (secondary N) is 4. The smallest absolute Gasteiger partial charge is 0.347 e. The Morgan fingerprint density at radius 3 is 1.90 bits per heavy atom. The van der Waals surface area contributed by atoms with E-state index < -0.39 is 67.6 Å². The largest absolute Gasteiger partial charge is 0.481 e. The molecule has 4 aromatic rings. The van der Waals surface area contributed by atoms with Crippen LogP contribution in [0, 0.1) is 6.92 Å². The van der Waals surface area contributed by atoms with Gasteiger partial charge in [0.2, 0.25) is 23.7 Å². The predicted molar refractivity (Wildman–Crippen MR) is 178 cm³/mol. The number of amides is 4. The van der Waals surface area contributed by atoms with Gasteiger partial charge < -0.3 is 19.3 Å². The monoisotopic (exact) mass is 804 g/mol. The van der Waals surface area contributed by atoms with Crippen molar-refractivity contribution < 1.29 is 59.0 Å². The van der Waals surface area contributed by atoms with E-state index >= 15 is 0 Å². The predicted octanol–water partition coefficient (Wildman–Crippen LogP) is 0.652. The number of rotatable bonds is 12. The van der Waals surface area contributed by atoms with Gasteiger partial charge in [-0.05, 0) is 30.5 Å². The number of aryl methyl sites for hydroxylation is 1.